The molecule has 3 heterocycles. The lowest BCUT2D eigenvalue weighted by Crippen LogP contribution is -2.20. The number of anilines is 2. The van der Waals surface area contributed by atoms with Gasteiger partial charge in [-0.1, -0.05) is 12.8 Å². The number of ether oxygens (including phenoxy) is 1. The number of aliphatic hydroxyl groups excluding tert-OH is 1. The molecular formula is C25H34N6O2S. The first kappa shape index (κ1) is 23.4. The van der Waals surface area contributed by atoms with Crippen molar-refractivity contribution in [3.05, 3.63) is 23.7 Å². The van der Waals surface area contributed by atoms with Gasteiger partial charge < -0.3 is 20.5 Å². The van der Waals surface area contributed by atoms with E-state index in [0.717, 1.165) is 57.3 Å². The minimum atomic E-state index is 0.242. The first-order valence-electron chi connectivity index (χ1n) is 12.4. The van der Waals surface area contributed by atoms with E-state index in [0.29, 0.717) is 31.1 Å². The lowest BCUT2D eigenvalue weighted by atomic mass is 10.1. The average molecular weight is 483 g/mol. The minimum absolute atomic E-state index is 0.242. The Hall–Kier alpha value is -2.36. The summed E-state index contributed by atoms with van der Waals surface area (Å²) >= 11 is 1.65. The van der Waals surface area contributed by atoms with Gasteiger partial charge in [0.25, 0.3) is 0 Å². The summed E-state index contributed by atoms with van der Waals surface area (Å²) in [5.74, 6) is 1.76. The first-order chi connectivity index (χ1) is 16.6. The first-order valence-corrected chi connectivity index (χ1v) is 13.3. The van der Waals surface area contributed by atoms with E-state index in [1.54, 1.807) is 11.3 Å². The molecular weight excluding hydrogens is 448 g/mol. The number of pyridine rings is 1. The van der Waals surface area contributed by atoms with Crippen LogP contribution in [0.4, 0.5) is 11.8 Å². The van der Waals surface area contributed by atoms with Crippen LogP contribution in [0.1, 0.15) is 56.3 Å². The van der Waals surface area contributed by atoms with Crippen molar-refractivity contribution in [2.75, 3.05) is 30.4 Å². The molecule has 2 atom stereocenters. The van der Waals surface area contributed by atoms with Crippen LogP contribution in [0.5, 0.6) is 0 Å². The zero-order chi connectivity index (χ0) is 23.5. The second kappa shape index (κ2) is 10.5. The van der Waals surface area contributed by atoms with Gasteiger partial charge in [-0.05, 0) is 57.9 Å². The molecule has 8 nitrogen and oxygen atoms in total. The molecule has 0 spiro atoms. The fraction of sp³-hybridized carbons (Fsp3) is 0.600. The molecule has 2 aliphatic rings. The second-order valence-corrected chi connectivity index (χ2v) is 10.6. The largest absolute Gasteiger partial charge is 0.396 e. The maximum atomic E-state index is 9.59. The Bertz CT molecular complexity index is 1130. The molecule has 3 aromatic heterocycles. The summed E-state index contributed by atoms with van der Waals surface area (Å²) in [6, 6.07) is 2.29. The van der Waals surface area contributed by atoms with Crippen LogP contribution in [0.25, 0.3) is 20.8 Å². The van der Waals surface area contributed by atoms with Crippen molar-refractivity contribution in [3.8, 4) is 10.6 Å². The fourth-order valence-corrected chi connectivity index (χ4v) is 6.22. The van der Waals surface area contributed by atoms with Gasteiger partial charge in [-0.15, -0.1) is 11.3 Å². The number of aliphatic hydroxyl groups is 1. The van der Waals surface area contributed by atoms with Crippen LogP contribution in [0.3, 0.4) is 0 Å². The Morgan fingerprint density at radius 3 is 2.71 bits per heavy atom. The predicted molar refractivity (Wildman–Crippen MR) is 136 cm³/mol. The summed E-state index contributed by atoms with van der Waals surface area (Å²) in [4.78, 5) is 19.0. The van der Waals surface area contributed by atoms with E-state index in [4.69, 9.17) is 19.7 Å². The maximum absolute atomic E-state index is 9.59. The highest BCUT2D eigenvalue weighted by Gasteiger charge is 2.27. The molecule has 0 amide bonds. The molecule has 3 aromatic rings. The van der Waals surface area contributed by atoms with Gasteiger partial charge in [0.15, 0.2) is 0 Å². The van der Waals surface area contributed by atoms with E-state index >= 15 is 0 Å². The number of hydrogen-bond acceptors (Lipinski definition) is 9. The van der Waals surface area contributed by atoms with Crippen LogP contribution in [0.15, 0.2) is 12.3 Å². The molecule has 2 unspecified atom stereocenters. The molecule has 9 heteroatoms. The smallest absolute Gasteiger partial charge is 0.224 e. The van der Waals surface area contributed by atoms with Gasteiger partial charge in [-0.2, -0.15) is 4.98 Å². The molecule has 0 aliphatic heterocycles. The molecule has 0 saturated heterocycles. The Labute approximate surface area is 204 Å². The molecule has 0 radical (unpaired) electrons. The Kier molecular flexibility index (Phi) is 7.22. The molecule has 2 aliphatic carbocycles. The number of nitrogens with zero attached hydrogens (tertiary/aromatic N) is 4. The maximum Gasteiger partial charge on any atom is 0.224 e. The summed E-state index contributed by atoms with van der Waals surface area (Å²) in [5.41, 5.74) is 3.69. The van der Waals surface area contributed by atoms with Crippen molar-refractivity contribution in [3.63, 3.8) is 0 Å². The van der Waals surface area contributed by atoms with Gasteiger partial charge in [0, 0.05) is 25.4 Å². The third kappa shape index (κ3) is 5.16. The SMILES string of the molecule is Cc1nc(NCCOC2CCCC2)nc(NC2CCC(CO)C2)c1-c1nc2c(C)nccc2s1. The highest BCUT2D eigenvalue weighted by atomic mass is 32.1. The van der Waals surface area contributed by atoms with Crippen molar-refractivity contribution in [1.82, 2.24) is 19.9 Å². The number of nitrogens with one attached hydrogen (secondary N) is 2. The zero-order valence-electron chi connectivity index (χ0n) is 20.0. The van der Waals surface area contributed by atoms with E-state index in [1.165, 1.54) is 25.7 Å². The summed E-state index contributed by atoms with van der Waals surface area (Å²) in [5, 5.41) is 17.5. The summed E-state index contributed by atoms with van der Waals surface area (Å²) < 4.78 is 7.09. The molecule has 34 heavy (non-hydrogen) atoms. The summed E-state index contributed by atoms with van der Waals surface area (Å²) in [6.07, 6.45) is 10.1. The van der Waals surface area contributed by atoms with Gasteiger partial charge in [0.1, 0.15) is 16.3 Å². The quantitative estimate of drug-likeness (QED) is 0.377. The highest BCUT2D eigenvalue weighted by Crippen LogP contribution is 2.38. The Morgan fingerprint density at radius 2 is 1.94 bits per heavy atom. The predicted octanol–water partition coefficient (Wildman–Crippen LogP) is 4.71. The van der Waals surface area contributed by atoms with Gasteiger partial charge in [-0.3, -0.25) is 4.98 Å². The third-order valence-corrected chi connectivity index (χ3v) is 8.01. The van der Waals surface area contributed by atoms with Crippen LogP contribution in [0.2, 0.25) is 0 Å². The molecule has 0 aromatic carbocycles. The van der Waals surface area contributed by atoms with Crippen LogP contribution in [-0.2, 0) is 4.74 Å². The van der Waals surface area contributed by atoms with Crippen molar-refractivity contribution >= 4 is 33.3 Å². The molecule has 182 valence electrons. The van der Waals surface area contributed by atoms with Gasteiger partial charge >= 0.3 is 0 Å². The van der Waals surface area contributed by atoms with Crippen molar-refractivity contribution in [2.24, 2.45) is 5.92 Å². The number of thiazole rings is 1. The highest BCUT2D eigenvalue weighted by molar-refractivity contribution is 7.21. The van der Waals surface area contributed by atoms with Gasteiger partial charge in [0.2, 0.25) is 5.95 Å². The topological polar surface area (TPSA) is 105 Å². The average Bonchev–Trinajstić information content (AvgIpc) is 3.58. The molecule has 0 bridgehead atoms. The number of aromatic nitrogens is 4. The zero-order valence-corrected chi connectivity index (χ0v) is 20.8. The van der Waals surface area contributed by atoms with Crippen LogP contribution < -0.4 is 10.6 Å². The van der Waals surface area contributed by atoms with E-state index in [-0.39, 0.29) is 12.6 Å². The molecule has 3 N–H and O–H groups in total. The van der Waals surface area contributed by atoms with Gasteiger partial charge in [-0.25, -0.2) is 9.97 Å². The van der Waals surface area contributed by atoms with Crippen molar-refractivity contribution in [1.29, 1.82) is 0 Å². The number of aryl methyl sites for hydroxylation is 2. The van der Waals surface area contributed by atoms with Crippen LogP contribution in [-0.4, -0.2) is 56.9 Å². The Morgan fingerprint density at radius 1 is 1.09 bits per heavy atom. The molecule has 2 fully saturated rings. The normalized spacial score (nSPS) is 20.9. The lowest BCUT2D eigenvalue weighted by Gasteiger charge is -2.18. The van der Waals surface area contributed by atoms with E-state index in [2.05, 4.69) is 15.6 Å². The van der Waals surface area contributed by atoms with E-state index in [9.17, 15) is 5.11 Å². The third-order valence-electron chi connectivity index (χ3n) is 6.98. The van der Waals surface area contributed by atoms with E-state index < -0.39 is 0 Å². The number of rotatable bonds is 9. The number of fused-ring (bicyclic) bond motifs is 1. The monoisotopic (exact) mass is 482 g/mol. The van der Waals surface area contributed by atoms with Gasteiger partial charge in [0.05, 0.1) is 34.4 Å². The standard InChI is InChI=1S/C25H34N6O2S/c1-15-21(24-30-22-16(2)26-10-9-20(22)34-24)23(29-18-8-7-17(13-18)14-32)31-25(28-15)27-11-12-33-19-5-3-4-6-19/h9-10,17-19,32H,3-8,11-14H2,1-2H3,(H2,27,28,29,31). The molecule has 5 rings (SSSR count). The number of hydrogen-bond donors (Lipinski definition) is 3. The lowest BCUT2D eigenvalue weighted by molar-refractivity contribution is 0.0658. The molecule has 2 saturated carbocycles. The van der Waals surface area contributed by atoms with Crippen LogP contribution >= 0.6 is 11.3 Å². The van der Waals surface area contributed by atoms with Crippen molar-refractivity contribution < 1.29 is 9.84 Å². The van der Waals surface area contributed by atoms with E-state index in [1.807, 2.05) is 26.1 Å². The van der Waals surface area contributed by atoms with Crippen molar-refractivity contribution in [2.45, 2.75) is 70.9 Å². The Balaban J connectivity index is 1.39. The summed E-state index contributed by atoms with van der Waals surface area (Å²) in [7, 11) is 0. The fourth-order valence-electron chi connectivity index (χ4n) is 5.11. The minimum Gasteiger partial charge on any atom is -0.396 e. The van der Waals surface area contributed by atoms with Crippen LogP contribution in [0, 0.1) is 19.8 Å². The second-order valence-electron chi connectivity index (χ2n) is 9.53. The summed E-state index contributed by atoms with van der Waals surface area (Å²) in [6.45, 7) is 5.58.